The molecule has 5 nitrogen and oxygen atoms in total. The summed E-state index contributed by atoms with van der Waals surface area (Å²) in [6.45, 7) is 24.0. The van der Waals surface area contributed by atoms with Gasteiger partial charge in [-0.3, -0.25) is 24.9 Å². The predicted molar refractivity (Wildman–Crippen MR) is 289 cm³/mol. The Bertz CT molecular complexity index is 2220. The van der Waals surface area contributed by atoms with Gasteiger partial charge >= 0.3 is 0 Å². The molecule has 342 valence electrons. The van der Waals surface area contributed by atoms with Crippen molar-refractivity contribution < 1.29 is 0 Å². The summed E-state index contributed by atoms with van der Waals surface area (Å²) in [5, 5.41) is 0. The molecule has 0 atom stereocenters. The summed E-state index contributed by atoms with van der Waals surface area (Å²) in [6.07, 6.45) is 18.4. The summed E-state index contributed by atoms with van der Waals surface area (Å²) in [5.74, 6) is 0. The molecule has 9 rings (SSSR count). The molecule has 66 heavy (non-hydrogen) atoms. The maximum atomic E-state index is 4.24. The summed E-state index contributed by atoms with van der Waals surface area (Å²) in [5.41, 5.74) is 13.9. The molecule has 9 aromatic rings. The van der Waals surface area contributed by atoms with E-state index in [0.717, 1.165) is 44.5 Å². The summed E-state index contributed by atoms with van der Waals surface area (Å²) < 4.78 is 0. The minimum absolute atomic E-state index is 1.09. The van der Waals surface area contributed by atoms with Gasteiger partial charge in [0, 0.05) is 84.2 Å². The van der Waals surface area contributed by atoms with E-state index in [1.54, 1.807) is 31.0 Å². The Hall–Kier alpha value is -7.37. The van der Waals surface area contributed by atoms with E-state index in [9.17, 15) is 0 Å². The van der Waals surface area contributed by atoms with Crippen LogP contribution in [0, 0.1) is 0 Å². The smallest absolute Gasteiger partial charge is 0.0346 e. The van der Waals surface area contributed by atoms with Crippen LogP contribution in [0.25, 0.3) is 66.8 Å². The molecule has 0 bridgehead atoms. The van der Waals surface area contributed by atoms with Gasteiger partial charge in [-0.05, 0) is 99.1 Å². The summed E-state index contributed by atoms with van der Waals surface area (Å²) in [4.78, 5) is 20.9. The quantitative estimate of drug-likeness (QED) is 0.166. The number of pyridine rings is 5. The molecule has 4 aromatic carbocycles. The van der Waals surface area contributed by atoms with Crippen molar-refractivity contribution in [3.05, 3.63) is 226 Å². The zero-order valence-corrected chi connectivity index (χ0v) is 41.6. The Morgan fingerprint density at radius 1 is 0.182 bits per heavy atom. The molecular weight excluding hydrogens is 803 g/mol. The van der Waals surface area contributed by atoms with Gasteiger partial charge in [0.15, 0.2) is 0 Å². The topological polar surface area (TPSA) is 64.5 Å². The molecule has 5 heteroatoms. The van der Waals surface area contributed by atoms with Gasteiger partial charge in [0.25, 0.3) is 0 Å². The van der Waals surface area contributed by atoms with E-state index in [1.807, 2.05) is 169 Å². The minimum atomic E-state index is 1.09. The Balaban J connectivity index is 0.000000460. The number of benzene rings is 4. The Morgan fingerprint density at radius 3 is 0.652 bits per heavy atom. The van der Waals surface area contributed by atoms with E-state index >= 15 is 0 Å². The van der Waals surface area contributed by atoms with Gasteiger partial charge in [0.2, 0.25) is 0 Å². The van der Waals surface area contributed by atoms with Crippen molar-refractivity contribution in [1.29, 1.82) is 0 Å². The third-order valence-corrected chi connectivity index (χ3v) is 8.65. The second kappa shape index (κ2) is 37.0. The van der Waals surface area contributed by atoms with E-state index in [0.29, 0.717) is 0 Å². The van der Waals surface area contributed by atoms with Gasteiger partial charge in [-0.2, -0.15) is 0 Å². The Morgan fingerprint density at radius 2 is 0.379 bits per heavy atom. The molecule has 0 radical (unpaired) electrons. The van der Waals surface area contributed by atoms with Crippen molar-refractivity contribution >= 4 is 0 Å². The molecule has 0 aliphatic carbocycles. The van der Waals surface area contributed by atoms with Gasteiger partial charge in [0.1, 0.15) is 0 Å². The van der Waals surface area contributed by atoms with Crippen LogP contribution in [0.5, 0.6) is 0 Å². The van der Waals surface area contributed by atoms with Crippen LogP contribution < -0.4 is 0 Å². The molecule has 0 unspecified atom stereocenters. The van der Waals surface area contributed by atoms with Crippen molar-refractivity contribution in [3.63, 3.8) is 0 Å². The fraction of sp³-hybridized carbons (Fsp3) is 0.197. The molecule has 0 spiro atoms. The van der Waals surface area contributed by atoms with Crippen molar-refractivity contribution in [2.24, 2.45) is 0 Å². The van der Waals surface area contributed by atoms with Crippen molar-refractivity contribution in [2.45, 2.75) is 83.1 Å². The van der Waals surface area contributed by atoms with Crippen molar-refractivity contribution in [3.8, 4) is 66.8 Å². The lowest BCUT2D eigenvalue weighted by Gasteiger charge is -2.10. The van der Waals surface area contributed by atoms with Gasteiger partial charge < -0.3 is 0 Å². The van der Waals surface area contributed by atoms with Crippen LogP contribution in [0.15, 0.2) is 226 Å². The Labute approximate surface area is 398 Å². The van der Waals surface area contributed by atoms with Gasteiger partial charge in [-0.15, -0.1) is 0 Å². The fourth-order valence-corrected chi connectivity index (χ4v) is 5.93. The third kappa shape index (κ3) is 19.6. The maximum absolute atomic E-state index is 4.24. The second-order valence-corrected chi connectivity index (χ2v) is 12.3. The van der Waals surface area contributed by atoms with Crippen LogP contribution in [-0.4, -0.2) is 24.9 Å². The molecule has 0 fully saturated rings. The summed E-state index contributed by atoms with van der Waals surface area (Å²) in [6, 6.07) is 55.8. The molecule has 0 saturated heterocycles. The van der Waals surface area contributed by atoms with E-state index in [2.05, 4.69) is 134 Å². The van der Waals surface area contributed by atoms with E-state index in [4.69, 9.17) is 0 Å². The van der Waals surface area contributed by atoms with E-state index in [-0.39, 0.29) is 0 Å². The van der Waals surface area contributed by atoms with Crippen LogP contribution in [0.1, 0.15) is 83.1 Å². The first-order chi connectivity index (χ1) is 32.8. The van der Waals surface area contributed by atoms with Crippen LogP contribution >= 0.6 is 0 Å². The molecule has 5 aromatic heterocycles. The lowest BCUT2D eigenvalue weighted by atomic mass is 9.95. The second-order valence-electron chi connectivity index (χ2n) is 12.3. The number of rotatable bonds is 6. The minimum Gasteiger partial charge on any atom is -0.264 e. The normalized spacial score (nSPS) is 8.91. The van der Waals surface area contributed by atoms with Gasteiger partial charge in [0.05, 0.1) is 0 Å². The number of hydrogen-bond donors (Lipinski definition) is 0. The largest absolute Gasteiger partial charge is 0.264 e. The average Bonchev–Trinajstić information content (AvgIpc) is 3.46. The lowest BCUT2D eigenvalue weighted by molar-refractivity contribution is 1.32. The van der Waals surface area contributed by atoms with Gasteiger partial charge in [-0.25, -0.2) is 0 Å². The lowest BCUT2D eigenvalue weighted by Crippen LogP contribution is -1.87. The molecule has 0 aliphatic heterocycles. The highest BCUT2D eigenvalue weighted by atomic mass is 14.6. The zero-order chi connectivity index (χ0) is 48.6. The van der Waals surface area contributed by atoms with Crippen LogP contribution in [-0.2, 0) is 0 Å². The highest BCUT2D eigenvalue weighted by Crippen LogP contribution is 2.32. The van der Waals surface area contributed by atoms with E-state index in [1.165, 1.54) is 22.3 Å². The molecule has 5 heterocycles. The van der Waals surface area contributed by atoms with Crippen LogP contribution in [0.3, 0.4) is 0 Å². The highest BCUT2D eigenvalue weighted by Gasteiger charge is 2.08. The van der Waals surface area contributed by atoms with Crippen LogP contribution in [0.4, 0.5) is 0 Å². The standard InChI is InChI=1S/C21H15N3.C17H13N.C11H9N.6C2H6/c1-4-16(13-22-7-1)19-10-20(17-5-2-8-23-14-17)12-21(11-19)18-6-3-9-24-15-18;1-2-6-14(7-3-1)15-8-4-9-16(12-15)17-10-5-11-18-13-17;1-2-5-10(6-3-1)11-7-4-8-12-9-11;6*1-2/h1-15H;1-13H;1-9H;6*1-2H3. The first-order valence-electron chi connectivity index (χ1n) is 23.7. The highest BCUT2D eigenvalue weighted by molar-refractivity contribution is 5.80. The SMILES string of the molecule is CC.CC.CC.CC.CC.CC.c1ccc(-c2cccc(-c3cccnc3)c2)cc1.c1ccc(-c2cccnc2)cc1.c1cncc(-c2cc(-c3cccnc3)cc(-c3cccnc3)c2)c1. The third-order valence-electron chi connectivity index (χ3n) is 8.65. The Kier molecular flexibility index (Phi) is 31.8. The molecule has 0 amide bonds. The summed E-state index contributed by atoms with van der Waals surface area (Å²) >= 11 is 0. The zero-order valence-electron chi connectivity index (χ0n) is 41.6. The molecule has 0 N–H and O–H groups in total. The predicted octanol–water partition coefficient (Wildman–Crippen LogP) is 18.2. The summed E-state index contributed by atoms with van der Waals surface area (Å²) in [7, 11) is 0. The number of aromatic nitrogens is 5. The van der Waals surface area contributed by atoms with Crippen LogP contribution in [0.2, 0.25) is 0 Å². The first-order valence-corrected chi connectivity index (χ1v) is 23.7. The molecule has 0 aliphatic rings. The number of hydrogen-bond acceptors (Lipinski definition) is 5. The van der Waals surface area contributed by atoms with Gasteiger partial charge in [-0.1, -0.05) is 192 Å². The monoisotopic (exact) mass is 876 g/mol. The molecular formula is C61H73N5. The first kappa shape index (κ1) is 56.6. The van der Waals surface area contributed by atoms with Crippen molar-refractivity contribution in [2.75, 3.05) is 0 Å². The average molecular weight is 876 g/mol. The fourth-order valence-electron chi connectivity index (χ4n) is 5.93. The number of nitrogens with zero attached hydrogens (tertiary/aromatic N) is 5. The maximum Gasteiger partial charge on any atom is 0.0346 e. The molecule has 0 saturated carbocycles. The van der Waals surface area contributed by atoms with Crippen molar-refractivity contribution in [1.82, 2.24) is 24.9 Å². The van der Waals surface area contributed by atoms with E-state index < -0.39 is 0 Å².